The number of alkyl halides is 5. The van der Waals surface area contributed by atoms with E-state index in [1.54, 1.807) is 29.7 Å². The number of carbonyl (C=O) groups excluding carboxylic acids is 1. The third kappa shape index (κ3) is 2.84. The van der Waals surface area contributed by atoms with E-state index in [1.165, 1.54) is 6.07 Å². The predicted octanol–water partition coefficient (Wildman–Crippen LogP) is 6.01. The van der Waals surface area contributed by atoms with Gasteiger partial charge < -0.3 is 5.32 Å². The highest BCUT2D eigenvalue weighted by Gasteiger charge is 2.43. The Morgan fingerprint density at radius 1 is 1.19 bits per heavy atom. The maximum atomic E-state index is 13.1. The van der Waals surface area contributed by atoms with Gasteiger partial charge in [0.15, 0.2) is 3.23 Å². The van der Waals surface area contributed by atoms with E-state index in [0.29, 0.717) is 32.5 Å². The van der Waals surface area contributed by atoms with E-state index < -0.39 is 15.1 Å². The van der Waals surface area contributed by atoms with Crippen LogP contribution in [0.3, 0.4) is 0 Å². The third-order valence-corrected chi connectivity index (χ3v) is 6.98. The molecule has 0 bridgehead atoms. The molecule has 1 aliphatic rings. The highest BCUT2D eigenvalue weighted by atomic mass is 79.9. The minimum atomic E-state index is -4.54. The van der Waals surface area contributed by atoms with Gasteiger partial charge in [0.1, 0.15) is 11.3 Å². The molecule has 0 radical (unpaired) electrons. The van der Waals surface area contributed by atoms with Crippen molar-refractivity contribution in [2.24, 2.45) is 0 Å². The molecule has 0 unspecified atom stereocenters. The number of nitrogens with one attached hydrogen (secondary N) is 1. The van der Waals surface area contributed by atoms with E-state index >= 15 is 0 Å². The fourth-order valence-corrected chi connectivity index (χ4v) is 4.42. The molecule has 0 atom stereocenters. The summed E-state index contributed by atoms with van der Waals surface area (Å²) in [5.74, 6) is -0.276. The molecule has 2 aromatic heterocycles. The number of rotatable bonds is 1. The zero-order chi connectivity index (χ0) is 19.7. The predicted molar refractivity (Wildman–Crippen MR) is 107 cm³/mol. The van der Waals surface area contributed by atoms with Crippen molar-refractivity contribution in [1.29, 1.82) is 0 Å². The Bertz CT molecular complexity index is 1120. The fourth-order valence-electron chi connectivity index (χ4n) is 3.08. The number of anilines is 1. The summed E-state index contributed by atoms with van der Waals surface area (Å²) in [4.78, 5) is 15.9. The normalized spacial score (nSPS) is 15.9. The molecule has 1 aromatic carbocycles. The quantitative estimate of drug-likeness (QED) is 0.366. The van der Waals surface area contributed by atoms with Crippen LogP contribution in [0.25, 0.3) is 16.7 Å². The lowest BCUT2D eigenvalue weighted by Crippen LogP contribution is -2.20. The van der Waals surface area contributed by atoms with Gasteiger partial charge >= 0.3 is 6.18 Å². The van der Waals surface area contributed by atoms with Crippen LogP contribution in [0.5, 0.6) is 0 Å². The topological polar surface area (TPSA) is 46.9 Å². The Labute approximate surface area is 176 Å². The number of carbonyl (C=O) groups is 1. The second-order valence-corrected chi connectivity index (χ2v) is 10.3. The number of amides is 1. The number of hydrogen-bond donors (Lipinski definition) is 1. The number of halogens is 6. The van der Waals surface area contributed by atoms with Crippen molar-refractivity contribution in [3.63, 3.8) is 0 Å². The van der Waals surface area contributed by atoms with Gasteiger partial charge in [-0.05, 0) is 53.2 Å². The van der Waals surface area contributed by atoms with Gasteiger partial charge in [0.05, 0.1) is 0 Å². The molecule has 0 fully saturated rings. The van der Waals surface area contributed by atoms with Crippen LogP contribution in [0.15, 0.2) is 34.8 Å². The molecule has 4 rings (SSSR count). The molecular weight excluding hydrogens is 559 g/mol. The van der Waals surface area contributed by atoms with Crippen molar-refractivity contribution < 1.29 is 18.0 Å². The highest BCUT2D eigenvalue weighted by molar-refractivity contribution is 9.25. The Morgan fingerprint density at radius 2 is 1.89 bits per heavy atom. The standard InChI is InChI=1S/C17H9Br3F3N3O/c1-7-13(18)9-3-5-12(17(21,22)23)25-14(9)26(7)8-2-4-11-10(6-8)16(19,20)15(27)24-11/h2-6H,1H3,(H,24,27). The van der Waals surface area contributed by atoms with Crippen LogP contribution in [0.2, 0.25) is 0 Å². The van der Waals surface area contributed by atoms with Crippen molar-refractivity contribution in [3.05, 3.63) is 51.8 Å². The maximum Gasteiger partial charge on any atom is 0.433 e. The molecule has 4 nitrogen and oxygen atoms in total. The van der Waals surface area contributed by atoms with Gasteiger partial charge in [0.2, 0.25) is 0 Å². The van der Waals surface area contributed by atoms with E-state index in [-0.39, 0.29) is 11.6 Å². The van der Waals surface area contributed by atoms with Crippen molar-refractivity contribution in [2.45, 2.75) is 16.3 Å². The monoisotopic (exact) mass is 565 g/mol. The van der Waals surface area contributed by atoms with Crippen LogP contribution in [0, 0.1) is 6.92 Å². The molecule has 3 aromatic rings. The van der Waals surface area contributed by atoms with Crippen molar-refractivity contribution in [3.8, 4) is 5.69 Å². The Morgan fingerprint density at radius 3 is 2.56 bits per heavy atom. The Balaban J connectivity index is 1.99. The van der Waals surface area contributed by atoms with Gasteiger partial charge in [-0.3, -0.25) is 9.36 Å². The summed E-state index contributed by atoms with van der Waals surface area (Å²) in [5.41, 5.74) is 1.76. The minimum Gasteiger partial charge on any atom is -0.323 e. The first-order valence-corrected chi connectivity index (χ1v) is 9.98. The smallest absolute Gasteiger partial charge is 0.323 e. The second-order valence-electron chi connectivity index (χ2n) is 6.06. The van der Waals surface area contributed by atoms with E-state index in [4.69, 9.17) is 0 Å². The average Bonchev–Trinajstić information content (AvgIpc) is 2.97. The summed E-state index contributed by atoms with van der Waals surface area (Å²) in [6.07, 6.45) is -4.54. The zero-order valence-electron chi connectivity index (χ0n) is 13.5. The molecule has 0 saturated carbocycles. The summed E-state index contributed by atoms with van der Waals surface area (Å²) in [6, 6.07) is 7.53. The number of pyridine rings is 1. The molecule has 0 spiro atoms. The SMILES string of the molecule is Cc1c(Br)c2ccc(C(F)(F)F)nc2n1-c1ccc2c(c1)C(Br)(Br)C(=O)N2. The molecular formula is C17H9Br3F3N3O. The number of nitrogens with zero attached hydrogens (tertiary/aromatic N) is 2. The Hall–Kier alpha value is -1.39. The van der Waals surface area contributed by atoms with Crippen LogP contribution in [-0.2, 0) is 14.2 Å². The lowest BCUT2D eigenvalue weighted by Gasteiger charge is -2.14. The molecule has 0 aliphatic carbocycles. The molecule has 140 valence electrons. The van der Waals surface area contributed by atoms with Crippen molar-refractivity contribution in [1.82, 2.24) is 9.55 Å². The zero-order valence-corrected chi connectivity index (χ0v) is 18.2. The maximum absolute atomic E-state index is 13.1. The molecule has 10 heteroatoms. The first-order chi connectivity index (χ1) is 12.5. The number of aromatic nitrogens is 2. The lowest BCUT2D eigenvalue weighted by molar-refractivity contribution is -0.141. The van der Waals surface area contributed by atoms with Crippen LogP contribution in [0.1, 0.15) is 17.0 Å². The minimum absolute atomic E-state index is 0.182. The molecule has 27 heavy (non-hydrogen) atoms. The van der Waals surface area contributed by atoms with E-state index in [0.717, 1.165) is 6.07 Å². The number of hydrogen-bond acceptors (Lipinski definition) is 2. The molecule has 1 N–H and O–H groups in total. The van der Waals surface area contributed by atoms with Crippen molar-refractivity contribution in [2.75, 3.05) is 5.32 Å². The molecule has 0 saturated heterocycles. The summed E-state index contributed by atoms with van der Waals surface area (Å²) in [5, 5.41) is 3.31. The summed E-state index contributed by atoms with van der Waals surface area (Å²) in [6.45, 7) is 1.78. The van der Waals surface area contributed by atoms with Crippen LogP contribution in [0.4, 0.5) is 18.9 Å². The fraction of sp³-hybridized carbons (Fsp3) is 0.176. The van der Waals surface area contributed by atoms with Crippen LogP contribution >= 0.6 is 47.8 Å². The first kappa shape index (κ1) is 18.9. The summed E-state index contributed by atoms with van der Waals surface area (Å²) in [7, 11) is 0. The van der Waals surface area contributed by atoms with E-state index in [1.807, 2.05) is 0 Å². The highest BCUT2D eigenvalue weighted by Crippen LogP contribution is 2.48. The number of benzene rings is 1. The second kappa shape index (κ2) is 6.05. The van der Waals surface area contributed by atoms with Gasteiger partial charge in [-0.15, -0.1) is 0 Å². The van der Waals surface area contributed by atoms with E-state index in [9.17, 15) is 18.0 Å². The van der Waals surface area contributed by atoms with Gasteiger partial charge in [0, 0.05) is 32.5 Å². The third-order valence-electron chi connectivity index (χ3n) is 4.40. The Kier molecular flexibility index (Phi) is 4.25. The summed E-state index contributed by atoms with van der Waals surface area (Å²) < 4.78 is 40.6. The van der Waals surface area contributed by atoms with Crippen molar-refractivity contribution >= 4 is 70.4 Å². The first-order valence-electron chi connectivity index (χ1n) is 7.60. The molecule has 3 heterocycles. The van der Waals surface area contributed by atoms with E-state index in [2.05, 4.69) is 58.1 Å². The van der Waals surface area contributed by atoms with Gasteiger partial charge in [-0.25, -0.2) is 4.98 Å². The molecule has 1 amide bonds. The average molecular weight is 568 g/mol. The van der Waals surface area contributed by atoms with Crippen LogP contribution < -0.4 is 5.32 Å². The summed E-state index contributed by atoms with van der Waals surface area (Å²) >= 11 is 10.1. The lowest BCUT2D eigenvalue weighted by atomic mass is 10.1. The van der Waals surface area contributed by atoms with Gasteiger partial charge in [-0.2, -0.15) is 13.2 Å². The van der Waals surface area contributed by atoms with Gasteiger partial charge in [0.25, 0.3) is 5.91 Å². The largest absolute Gasteiger partial charge is 0.433 e. The van der Waals surface area contributed by atoms with Gasteiger partial charge in [-0.1, -0.05) is 31.9 Å². The van der Waals surface area contributed by atoms with Crippen LogP contribution in [-0.4, -0.2) is 15.5 Å². The molecule has 1 aliphatic heterocycles. The number of fused-ring (bicyclic) bond motifs is 2.